The average Bonchev–Trinajstić information content (AvgIpc) is 2.56. The first-order valence-corrected chi connectivity index (χ1v) is 8.71. The fourth-order valence-corrected chi connectivity index (χ4v) is 3.64. The van der Waals surface area contributed by atoms with Crippen molar-refractivity contribution in [2.75, 3.05) is 31.7 Å². The van der Waals surface area contributed by atoms with Gasteiger partial charge in [0.05, 0.1) is 5.52 Å². The van der Waals surface area contributed by atoms with Crippen LogP contribution >= 0.6 is 0 Å². The number of fused-ring (bicyclic) bond motifs is 1. The van der Waals surface area contributed by atoms with Gasteiger partial charge in [0.2, 0.25) is 0 Å². The van der Waals surface area contributed by atoms with E-state index in [0.29, 0.717) is 0 Å². The van der Waals surface area contributed by atoms with E-state index >= 15 is 0 Å². The summed E-state index contributed by atoms with van der Waals surface area (Å²) in [7, 11) is 1.79. The molecule has 1 aliphatic heterocycles. The Morgan fingerprint density at radius 3 is 2.83 bits per heavy atom. The van der Waals surface area contributed by atoms with E-state index in [-0.39, 0.29) is 0 Å². The van der Waals surface area contributed by atoms with Crippen LogP contribution in [-0.4, -0.2) is 31.8 Å². The molecule has 0 amide bonds. The zero-order valence-corrected chi connectivity index (χ0v) is 14.9. The van der Waals surface area contributed by atoms with E-state index in [9.17, 15) is 0 Å². The maximum atomic E-state index is 5.26. The third-order valence-electron chi connectivity index (χ3n) is 5.27. The molecule has 0 aliphatic carbocycles. The molecule has 2 heterocycles. The van der Waals surface area contributed by atoms with E-state index in [2.05, 4.69) is 43.9 Å². The molecule has 3 rings (SSSR count). The van der Waals surface area contributed by atoms with Crippen molar-refractivity contribution < 1.29 is 4.74 Å². The summed E-state index contributed by atoms with van der Waals surface area (Å²) < 4.78 is 5.26. The topological polar surface area (TPSA) is 25.4 Å². The molecule has 3 heteroatoms. The lowest BCUT2D eigenvalue weighted by atomic mass is 9.95. The van der Waals surface area contributed by atoms with Gasteiger partial charge >= 0.3 is 0 Å². The predicted molar refractivity (Wildman–Crippen MR) is 97.4 cm³/mol. The number of aryl methyl sites for hydroxylation is 3. The van der Waals surface area contributed by atoms with Gasteiger partial charge in [0, 0.05) is 32.2 Å². The van der Waals surface area contributed by atoms with Crippen LogP contribution in [0.1, 0.15) is 36.0 Å². The number of methoxy groups -OCH3 is 1. The lowest BCUT2D eigenvalue weighted by Crippen LogP contribution is -2.36. The number of aromatic nitrogens is 1. The highest BCUT2D eigenvalue weighted by Crippen LogP contribution is 2.29. The van der Waals surface area contributed by atoms with Gasteiger partial charge in [-0.2, -0.15) is 0 Å². The first-order chi connectivity index (χ1) is 11.1. The summed E-state index contributed by atoms with van der Waals surface area (Å²) >= 11 is 0. The normalized spacial score (nSPS) is 18.6. The number of rotatable bonds is 4. The van der Waals surface area contributed by atoms with Gasteiger partial charge in [-0.05, 0) is 68.7 Å². The van der Waals surface area contributed by atoms with Crippen molar-refractivity contribution in [1.29, 1.82) is 0 Å². The molecule has 23 heavy (non-hydrogen) atoms. The maximum Gasteiger partial charge on any atom is 0.129 e. The van der Waals surface area contributed by atoms with Gasteiger partial charge < -0.3 is 9.64 Å². The van der Waals surface area contributed by atoms with E-state index in [4.69, 9.17) is 9.72 Å². The minimum absolute atomic E-state index is 0.722. The van der Waals surface area contributed by atoms with Crippen molar-refractivity contribution in [1.82, 2.24) is 4.98 Å². The standard InChI is InChI=1S/C20H28N2O/c1-14-7-8-18-15(2)12-19(21-20(18)16(14)3)22-10-5-6-17(13-22)9-11-23-4/h7-8,12,17H,5-6,9-11,13H2,1-4H3. The summed E-state index contributed by atoms with van der Waals surface area (Å²) in [5.74, 6) is 1.87. The van der Waals surface area contributed by atoms with E-state index in [1.54, 1.807) is 7.11 Å². The Morgan fingerprint density at radius 2 is 2.04 bits per heavy atom. The monoisotopic (exact) mass is 312 g/mol. The molecule has 1 fully saturated rings. The van der Waals surface area contributed by atoms with Crippen LogP contribution in [0.3, 0.4) is 0 Å². The number of pyridine rings is 1. The number of benzene rings is 1. The smallest absolute Gasteiger partial charge is 0.129 e. The van der Waals surface area contributed by atoms with Crippen molar-refractivity contribution in [3.63, 3.8) is 0 Å². The van der Waals surface area contributed by atoms with E-state index in [1.807, 2.05) is 0 Å². The molecule has 2 aromatic rings. The van der Waals surface area contributed by atoms with Crippen LogP contribution in [0.2, 0.25) is 0 Å². The van der Waals surface area contributed by atoms with Gasteiger partial charge in [-0.25, -0.2) is 4.98 Å². The Labute approximate surface area is 139 Å². The van der Waals surface area contributed by atoms with Gasteiger partial charge in [-0.15, -0.1) is 0 Å². The third kappa shape index (κ3) is 3.35. The van der Waals surface area contributed by atoms with Crippen LogP contribution in [0.5, 0.6) is 0 Å². The molecule has 0 bridgehead atoms. The number of anilines is 1. The van der Waals surface area contributed by atoms with Crippen LogP contribution in [0, 0.1) is 26.7 Å². The van der Waals surface area contributed by atoms with Crippen LogP contribution in [0.25, 0.3) is 10.9 Å². The summed E-state index contributed by atoms with van der Waals surface area (Å²) in [6, 6.07) is 6.67. The Morgan fingerprint density at radius 1 is 1.22 bits per heavy atom. The fraction of sp³-hybridized carbons (Fsp3) is 0.550. The molecule has 1 aliphatic rings. The first-order valence-electron chi connectivity index (χ1n) is 8.71. The first kappa shape index (κ1) is 16.3. The van der Waals surface area contributed by atoms with Crippen LogP contribution in [-0.2, 0) is 4.74 Å². The molecular formula is C20H28N2O. The van der Waals surface area contributed by atoms with E-state index < -0.39 is 0 Å². The minimum atomic E-state index is 0.722. The number of hydrogen-bond donors (Lipinski definition) is 0. The second-order valence-electron chi connectivity index (χ2n) is 6.94. The molecule has 3 nitrogen and oxygen atoms in total. The van der Waals surface area contributed by atoms with Crippen molar-refractivity contribution in [2.45, 2.75) is 40.0 Å². The summed E-state index contributed by atoms with van der Waals surface area (Å²) in [6.45, 7) is 9.64. The molecule has 1 unspecified atom stereocenters. The quantitative estimate of drug-likeness (QED) is 0.836. The Kier molecular flexibility index (Phi) is 4.86. The highest BCUT2D eigenvalue weighted by atomic mass is 16.5. The van der Waals surface area contributed by atoms with Crippen LogP contribution in [0.4, 0.5) is 5.82 Å². The maximum absolute atomic E-state index is 5.26. The second kappa shape index (κ2) is 6.88. The van der Waals surface area contributed by atoms with E-state index in [0.717, 1.165) is 37.9 Å². The zero-order chi connectivity index (χ0) is 16.4. The molecule has 1 atom stereocenters. The van der Waals surface area contributed by atoms with Crippen molar-refractivity contribution >= 4 is 16.7 Å². The lowest BCUT2D eigenvalue weighted by Gasteiger charge is -2.34. The molecular weight excluding hydrogens is 284 g/mol. The van der Waals surface area contributed by atoms with Crippen molar-refractivity contribution in [3.05, 3.63) is 34.9 Å². The molecule has 0 saturated carbocycles. The van der Waals surface area contributed by atoms with Crippen molar-refractivity contribution in [2.24, 2.45) is 5.92 Å². The highest BCUT2D eigenvalue weighted by Gasteiger charge is 2.21. The Hall–Kier alpha value is -1.61. The average molecular weight is 312 g/mol. The lowest BCUT2D eigenvalue weighted by molar-refractivity contribution is 0.172. The Balaban J connectivity index is 1.91. The van der Waals surface area contributed by atoms with Crippen LogP contribution < -0.4 is 4.90 Å². The van der Waals surface area contributed by atoms with Gasteiger partial charge in [0.15, 0.2) is 0 Å². The summed E-state index contributed by atoms with van der Waals surface area (Å²) in [6.07, 6.45) is 3.71. The van der Waals surface area contributed by atoms with Gasteiger partial charge in [0.25, 0.3) is 0 Å². The molecule has 0 spiro atoms. The Bertz CT molecular complexity index is 696. The summed E-state index contributed by atoms with van der Waals surface area (Å²) in [5.41, 5.74) is 5.12. The molecule has 1 aromatic heterocycles. The zero-order valence-electron chi connectivity index (χ0n) is 14.9. The van der Waals surface area contributed by atoms with Crippen molar-refractivity contribution in [3.8, 4) is 0 Å². The second-order valence-corrected chi connectivity index (χ2v) is 6.94. The third-order valence-corrected chi connectivity index (χ3v) is 5.27. The number of nitrogens with zero attached hydrogens (tertiary/aromatic N) is 2. The molecule has 124 valence electrons. The van der Waals surface area contributed by atoms with E-state index in [1.165, 1.54) is 40.4 Å². The molecule has 1 aromatic carbocycles. The number of ether oxygens (including phenoxy) is 1. The molecule has 0 radical (unpaired) electrons. The molecule has 1 saturated heterocycles. The van der Waals surface area contributed by atoms with Crippen LogP contribution in [0.15, 0.2) is 18.2 Å². The fourth-order valence-electron chi connectivity index (χ4n) is 3.64. The van der Waals surface area contributed by atoms with Gasteiger partial charge in [0.1, 0.15) is 5.82 Å². The molecule has 0 N–H and O–H groups in total. The number of hydrogen-bond acceptors (Lipinski definition) is 3. The summed E-state index contributed by atoms with van der Waals surface area (Å²) in [5, 5.41) is 1.28. The number of piperidine rings is 1. The predicted octanol–water partition coefficient (Wildman–Crippen LogP) is 4.41. The summed E-state index contributed by atoms with van der Waals surface area (Å²) in [4.78, 5) is 7.50. The minimum Gasteiger partial charge on any atom is -0.385 e. The van der Waals surface area contributed by atoms with Gasteiger partial charge in [-0.3, -0.25) is 0 Å². The van der Waals surface area contributed by atoms with Gasteiger partial charge in [-0.1, -0.05) is 12.1 Å². The SMILES string of the molecule is COCCC1CCCN(c2cc(C)c3ccc(C)c(C)c3n2)C1. The highest BCUT2D eigenvalue weighted by molar-refractivity contribution is 5.87. The largest absolute Gasteiger partial charge is 0.385 e.